The maximum Gasteiger partial charge on any atom is 0.215 e. The molecular formula is C13H16N2O. The molecule has 3 rings (SSSR count). The van der Waals surface area contributed by atoms with Crippen molar-refractivity contribution in [1.29, 1.82) is 0 Å². The highest BCUT2D eigenvalue weighted by Gasteiger charge is 2.38. The Bertz CT molecular complexity index is 464. The van der Waals surface area contributed by atoms with Gasteiger partial charge in [-0.15, -0.1) is 0 Å². The number of fused-ring (bicyclic) bond motifs is 1. The number of oxazole rings is 1. The second-order valence-corrected chi connectivity index (χ2v) is 4.45. The molecule has 1 fully saturated rings. The molecule has 2 heterocycles. The highest BCUT2D eigenvalue weighted by molar-refractivity contribution is 5.72. The summed E-state index contributed by atoms with van der Waals surface area (Å²) in [5.74, 6) is 0.855. The van der Waals surface area contributed by atoms with Gasteiger partial charge in [0, 0.05) is 0 Å². The zero-order chi connectivity index (χ0) is 11.0. The van der Waals surface area contributed by atoms with E-state index < -0.39 is 0 Å². The first-order valence-electron chi connectivity index (χ1n) is 5.95. The highest BCUT2D eigenvalue weighted by atomic mass is 16.4. The molecule has 0 spiro atoms. The van der Waals surface area contributed by atoms with E-state index in [1.165, 1.54) is 6.42 Å². The zero-order valence-corrected chi connectivity index (χ0v) is 9.49. The fourth-order valence-corrected chi connectivity index (χ4v) is 2.52. The summed E-state index contributed by atoms with van der Waals surface area (Å²) in [6.45, 7) is 3.25. The van der Waals surface area contributed by atoms with Crippen molar-refractivity contribution in [3.63, 3.8) is 0 Å². The van der Waals surface area contributed by atoms with Crippen LogP contribution in [0.3, 0.4) is 0 Å². The van der Waals surface area contributed by atoms with Crippen molar-refractivity contribution in [1.82, 2.24) is 10.3 Å². The third-order valence-corrected chi connectivity index (χ3v) is 3.55. The van der Waals surface area contributed by atoms with Crippen LogP contribution in [0.4, 0.5) is 0 Å². The molecule has 3 heteroatoms. The second-order valence-electron chi connectivity index (χ2n) is 4.45. The van der Waals surface area contributed by atoms with Gasteiger partial charge in [0.1, 0.15) is 5.52 Å². The van der Waals surface area contributed by atoms with E-state index in [-0.39, 0.29) is 5.54 Å². The van der Waals surface area contributed by atoms with Crippen molar-refractivity contribution in [2.45, 2.75) is 31.7 Å². The second kappa shape index (κ2) is 3.59. The molecule has 1 aromatic carbocycles. The minimum Gasteiger partial charge on any atom is -0.439 e. The Morgan fingerprint density at radius 3 is 3.00 bits per heavy atom. The molecule has 1 unspecified atom stereocenters. The fourth-order valence-electron chi connectivity index (χ4n) is 2.52. The predicted octanol–water partition coefficient (Wildman–Crippen LogP) is 2.82. The lowest BCUT2D eigenvalue weighted by Crippen LogP contribution is -2.36. The maximum atomic E-state index is 5.87. The summed E-state index contributed by atoms with van der Waals surface area (Å²) in [4.78, 5) is 4.61. The number of nitrogens with one attached hydrogen (secondary N) is 1. The lowest BCUT2D eigenvalue weighted by molar-refractivity contribution is 0.292. The van der Waals surface area contributed by atoms with E-state index in [0.717, 1.165) is 36.4 Å². The smallest absolute Gasteiger partial charge is 0.215 e. The Morgan fingerprint density at radius 1 is 1.44 bits per heavy atom. The van der Waals surface area contributed by atoms with Gasteiger partial charge in [0.2, 0.25) is 5.89 Å². The molecule has 1 N–H and O–H groups in total. The van der Waals surface area contributed by atoms with Crippen molar-refractivity contribution in [2.24, 2.45) is 0 Å². The fraction of sp³-hybridized carbons (Fsp3) is 0.462. The molecule has 1 aliphatic rings. The van der Waals surface area contributed by atoms with Gasteiger partial charge in [-0.3, -0.25) is 0 Å². The lowest BCUT2D eigenvalue weighted by Gasteiger charge is -2.23. The number of hydrogen-bond donors (Lipinski definition) is 1. The monoisotopic (exact) mass is 216 g/mol. The first-order valence-corrected chi connectivity index (χ1v) is 5.95. The topological polar surface area (TPSA) is 38.1 Å². The van der Waals surface area contributed by atoms with Gasteiger partial charge in [-0.2, -0.15) is 0 Å². The van der Waals surface area contributed by atoms with Crippen LogP contribution in [-0.2, 0) is 5.54 Å². The van der Waals surface area contributed by atoms with Crippen molar-refractivity contribution in [3.05, 3.63) is 30.2 Å². The molecule has 3 nitrogen and oxygen atoms in total. The highest BCUT2D eigenvalue weighted by Crippen LogP contribution is 2.34. The number of hydrogen-bond acceptors (Lipinski definition) is 3. The SMILES string of the molecule is CCC1(c2nc3ccccc3o2)CCCN1. The van der Waals surface area contributed by atoms with E-state index >= 15 is 0 Å². The third kappa shape index (κ3) is 1.35. The zero-order valence-electron chi connectivity index (χ0n) is 9.49. The molecule has 0 aliphatic carbocycles. The van der Waals surface area contributed by atoms with E-state index in [9.17, 15) is 0 Å². The summed E-state index contributed by atoms with van der Waals surface area (Å²) < 4.78 is 5.87. The normalized spacial score (nSPS) is 25.3. The van der Waals surface area contributed by atoms with Crippen LogP contribution < -0.4 is 5.32 Å². The summed E-state index contributed by atoms with van der Waals surface area (Å²) in [7, 11) is 0. The number of aromatic nitrogens is 1. The van der Waals surface area contributed by atoms with Crippen LogP contribution >= 0.6 is 0 Å². The van der Waals surface area contributed by atoms with Gasteiger partial charge in [-0.1, -0.05) is 19.1 Å². The molecule has 2 aromatic rings. The quantitative estimate of drug-likeness (QED) is 0.838. The minimum absolute atomic E-state index is 0.0288. The van der Waals surface area contributed by atoms with Crippen molar-refractivity contribution in [3.8, 4) is 0 Å². The van der Waals surface area contributed by atoms with Crippen molar-refractivity contribution < 1.29 is 4.42 Å². The Hall–Kier alpha value is -1.35. The van der Waals surface area contributed by atoms with Crippen molar-refractivity contribution >= 4 is 11.1 Å². The summed E-state index contributed by atoms with van der Waals surface area (Å²) in [5.41, 5.74) is 1.82. The molecule has 16 heavy (non-hydrogen) atoms. The minimum atomic E-state index is -0.0288. The Kier molecular flexibility index (Phi) is 2.21. The van der Waals surface area contributed by atoms with Gasteiger partial charge in [-0.25, -0.2) is 4.98 Å². The van der Waals surface area contributed by atoms with Gasteiger partial charge in [-0.05, 0) is 37.9 Å². The van der Waals surface area contributed by atoms with Crippen LogP contribution in [-0.4, -0.2) is 11.5 Å². The maximum absolute atomic E-state index is 5.87. The van der Waals surface area contributed by atoms with Crippen LogP contribution in [0.2, 0.25) is 0 Å². The Morgan fingerprint density at radius 2 is 2.31 bits per heavy atom. The summed E-state index contributed by atoms with van der Waals surface area (Å²) in [6.07, 6.45) is 3.35. The van der Waals surface area contributed by atoms with Gasteiger partial charge >= 0.3 is 0 Å². The number of benzene rings is 1. The van der Waals surface area contributed by atoms with Gasteiger partial charge in [0.05, 0.1) is 5.54 Å². The van der Waals surface area contributed by atoms with E-state index in [1.807, 2.05) is 24.3 Å². The number of nitrogens with zero attached hydrogens (tertiary/aromatic N) is 1. The number of rotatable bonds is 2. The lowest BCUT2D eigenvalue weighted by atomic mass is 9.94. The van der Waals surface area contributed by atoms with Gasteiger partial charge in [0.25, 0.3) is 0 Å². The molecule has 84 valence electrons. The number of para-hydroxylation sites is 2. The molecule has 0 radical (unpaired) electrons. The first kappa shape index (κ1) is 9.85. The Labute approximate surface area is 94.9 Å². The summed E-state index contributed by atoms with van der Waals surface area (Å²) >= 11 is 0. The van der Waals surface area contributed by atoms with Crippen LogP contribution in [0.25, 0.3) is 11.1 Å². The summed E-state index contributed by atoms with van der Waals surface area (Å²) in [6, 6.07) is 7.96. The van der Waals surface area contributed by atoms with Crippen molar-refractivity contribution in [2.75, 3.05) is 6.54 Å². The molecular weight excluding hydrogens is 200 g/mol. The van der Waals surface area contributed by atoms with Gasteiger partial charge < -0.3 is 9.73 Å². The molecule has 0 saturated carbocycles. The molecule has 0 bridgehead atoms. The molecule has 1 aromatic heterocycles. The van der Waals surface area contributed by atoms with Crippen LogP contribution in [0.1, 0.15) is 32.1 Å². The predicted molar refractivity (Wildman–Crippen MR) is 63.2 cm³/mol. The van der Waals surface area contributed by atoms with Crippen LogP contribution in [0.15, 0.2) is 28.7 Å². The van der Waals surface area contributed by atoms with E-state index in [0.29, 0.717) is 0 Å². The standard InChI is InChI=1S/C13H16N2O/c1-2-13(8-5-9-14-13)12-15-10-6-3-4-7-11(10)16-12/h3-4,6-7,14H,2,5,8-9H2,1H3. The average molecular weight is 216 g/mol. The van der Waals surface area contributed by atoms with Gasteiger partial charge in [0.15, 0.2) is 5.58 Å². The largest absolute Gasteiger partial charge is 0.439 e. The molecule has 0 amide bonds. The first-order chi connectivity index (χ1) is 7.84. The Balaban J connectivity index is 2.10. The van der Waals surface area contributed by atoms with E-state index in [1.54, 1.807) is 0 Å². The average Bonchev–Trinajstić information content (AvgIpc) is 2.96. The molecule has 1 atom stereocenters. The van der Waals surface area contributed by atoms with E-state index in [2.05, 4.69) is 17.2 Å². The molecule has 1 aliphatic heterocycles. The summed E-state index contributed by atoms with van der Waals surface area (Å²) in [5, 5.41) is 3.54. The molecule has 1 saturated heterocycles. The van der Waals surface area contributed by atoms with Crippen LogP contribution in [0, 0.1) is 0 Å². The van der Waals surface area contributed by atoms with Crippen LogP contribution in [0.5, 0.6) is 0 Å². The van der Waals surface area contributed by atoms with E-state index in [4.69, 9.17) is 4.42 Å². The third-order valence-electron chi connectivity index (χ3n) is 3.55.